The van der Waals surface area contributed by atoms with Crippen LogP contribution in [-0.2, 0) is 11.2 Å². The molecule has 0 radical (unpaired) electrons. The number of carbonyl (C=O) groups is 2. The molecule has 3 rings (SSSR count). The number of para-hydroxylation sites is 1. The van der Waals surface area contributed by atoms with Gasteiger partial charge in [0.15, 0.2) is 5.78 Å². The van der Waals surface area contributed by atoms with Crippen molar-refractivity contribution in [1.82, 2.24) is 0 Å². The molecule has 2 aromatic carbocycles. The summed E-state index contributed by atoms with van der Waals surface area (Å²) in [6.45, 7) is 2.55. The van der Waals surface area contributed by atoms with Crippen LogP contribution in [0.2, 0.25) is 0 Å². The van der Waals surface area contributed by atoms with E-state index in [-0.39, 0.29) is 18.2 Å². The summed E-state index contributed by atoms with van der Waals surface area (Å²) in [6, 6.07) is 15.3. The van der Waals surface area contributed by atoms with Crippen LogP contribution in [0.5, 0.6) is 0 Å². The molecule has 118 valence electrons. The molecular formula is C19H20N2O2. The number of aryl methyl sites for hydroxylation is 1. The van der Waals surface area contributed by atoms with E-state index in [0.717, 1.165) is 30.8 Å². The van der Waals surface area contributed by atoms with Gasteiger partial charge in [-0.15, -0.1) is 0 Å². The van der Waals surface area contributed by atoms with Crippen LogP contribution >= 0.6 is 0 Å². The van der Waals surface area contributed by atoms with Gasteiger partial charge in [-0.1, -0.05) is 18.2 Å². The molecule has 1 N–H and O–H groups in total. The molecule has 0 unspecified atom stereocenters. The maximum atomic E-state index is 12.5. The fraction of sp³-hybridized carbons (Fsp3) is 0.263. The highest BCUT2D eigenvalue weighted by molar-refractivity contribution is 5.97. The second-order valence-corrected chi connectivity index (χ2v) is 5.76. The summed E-state index contributed by atoms with van der Waals surface area (Å²) < 4.78 is 0. The number of nitrogens with zero attached hydrogens (tertiary/aromatic N) is 1. The molecule has 1 amide bonds. The Bertz CT molecular complexity index is 722. The minimum atomic E-state index is 0.0394. The third-order valence-corrected chi connectivity index (χ3v) is 4.15. The molecule has 0 aromatic heterocycles. The summed E-state index contributed by atoms with van der Waals surface area (Å²) >= 11 is 0. The van der Waals surface area contributed by atoms with Crippen molar-refractivity contribution < 1.29 is 9.59 Å². The summed E-state index contributed by atoms with van der Waals surface area (Å²) in [5.74, 6) is 0.102. The van der Waals surface area contributed by atoms with Crippen molar-refractivity contribution in [2.75, 3.05) is 23.3 Å². The quantitative estimate of drug-likeness (QED) is 0.882. The second-order valence-electron chi connectivity index (χ2n) is 5.76. The molecular weight excluding hydrogens is 288 g/mol. The number of benzene rings is 2. The van der Waals surface area contributed by atoms with E-state index in [9.17, 15) is 9.59 Å². The van der Waals surface area contributed by atoms with E-state index >= 15 is 0 Å². The Labute approximate surface area is 136 Å². The summed E-state index contributed by atoms with van der Waals surface area (Å²) in [5, 5.41) is 3.14. The van der Waals surface area contributed by atoms with Gasteiger partial charge >= 0.3 is 0 Å². The number of anilines is 2. The first-order chi connectivity index (χ1) is 11.1. The molecule has 0 saturated carbocycles. The maximum absolute atomic E-state index is 12.5. The largest absolute Gasteiger partial charge is 0.376 e. The average Bonchev–Trinajstić information content (AvgIpc) is 2.59. The summed E-state index contributed by atoms with van der Waals surface area (Å²) in [7, 11) is 0. The van der Waals surface area contributed by atoms with Gasteiger partial charge in [-0.3, -0.25) is 9.59 Å². The number of hydrogen-bond donors (Lipinski definition) is 1. The number of ketones is 1. The van der Waals surface area contributed by atoms with Crippen LogP contribution in [-0.4, -0.2) is 24.8 Å². The first-order valence-electron chi connectivity index (χ1n) is 7.88. The van der Waals surface area contributed by atoms with Crippen LogP contribution in [0.3, 0.4) is 0 Å². The maximum Gasteiger partial charge on any atom is 0.246 e. The summed E-state index contributed by atoms with van der Waals surface area (Å²) in [5.41, 5.74) is 3.77. The molecule has 4 heteroatoms. The molecule has 1 aliphatic rings. The van der Waals surface area contributed by atoms with E-state index in [1.807, 2.05) is 35.2 Å². The SMILES string of the molecule is CC(=O)c1ccc(NCC(=O)N2CCCc3ccccc32)cc1. The third-order valence-electron chi connectivity index (χ3n) is 4.15. The Morgan fingerprint density at radius 1 is 1.09 bits per heavy atom. The predicted octanol–water partition coefficient (Wildman–Crippen LogP) is 3.28. The van der Waals surface area contributed by atoms with Crippen molar-refractivity contribution in [3.05, 3.63) is 59.7 Å². The van der Waals surface area contributed by atoms with Crippen molar-refractivity contribution >= 4 is 23.1 Å². The van der Waals surface area contributed by atoms with Gasteiger partial charge in [0, 0.05) is 23.5 Å². The van der Waals surface area contributed by atoms with Gasteiger partial charge in [0.25, 0.3) is 0 Å². The number of fused-ring (bicyclic) bond motifs is 1. The molecule has 0 saturated heterocycles. The molecule has 0 aliphatic carbocycles. The number of carbonyl (C=O) groups excluding carboxylic acids is 2. The zero-order chi connectivity index (χ0) is 16.2. The molecule has 0 spiro atoms. The normalized spacial score (nSPS) is 13.3. The lowest BCUT2D eigenvalue weighted by atomic mass is 10.0. The van der Waals surface area contributed by atoms with Crippen LogP contribution in [0.4, 0.5) is 11.4 Å². The molecule has 0 atom stereocenters. The average molecular weight is 308 g/mol. The monoisotopic (exact) mass is 308 g/mol. The Balaban J connectivity index is 1.65. The Kier molecular flexibility index (Phi) is 4.42. The van der Waals surface area contributed by atoms with Crippen LogP contribution < -0.4 is 10.2 Å². The van der Waals surface area contributed by atoms with E-state index in [2.05, 4.69) is 11.4 Å². The van der Waals surface area contributed by atoms with Gasteiger partial charge in [0.2, 0.25) is 5.91 Å². The number of Topliss-reactive ketones (excluding diaryl/α,β-unsaturated/α-hetero) is 1. The molecule has 1 heterocycles. The summed E-state index contributed by atoms with van der Waals surface area (Å²) in [6.07, 6.45) is 2.02. The van der Waals surface area contributed by atoms with Gasteiger partial charge in [0.05, 0.1) is 6.54 Å². The second kappa shape index (κ2) is 6.65. The Morgan fingerprint density at radius 3 is 2.57 bits per heavy atom. The van der Waals surface area contributed by atoms with Crippen molar-refractivity contribution in [3.63, 3.8) is 0 Å². The van der Waals surface area contributed by atoms with Crippen molar-refractivity contribution in [1.29, 1.82) is 0 Å². The van der Waals surface area contributed by atoms with Gasteiger partial charge in [-0.25, -0.2) is 0 Å². The fourth-order valence-electron chi connectivity index (χ4n) is 2.89. The number of hydrogen-bond acceptors (Lipinski definition) is 3. The Hall–Kier alpha value is -2.62. The van der Waals surface area contributed by atoms with E-state index < -0.39 is 0 Å². The minimum Gasteiger partial charge on any atom is -0.376 e. The lowest BCUT2D eigenvalue weighted by Gasteiger charge is -2.29. The van der Waals surface area contributed by atoms with Gasteiger partial charge < -0.3 is 10.2 Å². The highest BCUT2D eigenvalue weighted by atomic mass is 16.2. The molecule has 0 bridgehead atoms. The van der Waals surface area contributed by atoms with Crippen LogP contribution in [0.15, 0.2) is 48.5 Å². The molecule has 2 aromatic rings. The zero-order valence-electron chi connectivity index (χ0n) is 13.2. The first kappa shape index (κ1) is 15.3. The molecule has 23 heavy (non-hydrogen) atoms. The number of nitrogens with one attached hydrogen (secondary N) is 1. The first-order valence-corrected chi connectivity index (χ1v) is 7.88. The van der Waals surface area contributed by atoms with E-state index in [1.165, 1.54) is 5.56 Å². The van der Waals surface area contributed by atoms with Crippen LogP contribution in [0, 0.1) is 0 Å². The van der Waals surface area contributed by atoms with E-state index in [0.29, 0.717) is 5.56 Å². The summed E-state index contributed by atoms with van der Waals surface area (Å²) in [4.78, 5) is 25.6. The topological polar surface area (TPSA) is 49.4 Å². The lowest BCUT2D eigenvalue weighted by molar-refractivity contribution is -0.117. The molecule has 1 aliphatic heterocycles. The van der Waals surface area contributed by atoms with Crippen LogP contribution in [0.25, 0.3) is 0 Å². The third kappa shape index (κ3) is 3.42. The standard InChI is InChI=1S/C19H20N2O2/c1-14(22)15-8-10-17(11-9-15)20-13-19(23)21-12-4-6-16-5-2-3-7-18(16)21/h2-3,5,7-11,20H,4,6,12-13H2,1H3. The van der Waals surface area contributed by atoms with Crippen molar-refractivity contribution in [3.8, 4) is 0 Å². The minimum absolute atomic E-state index is 0.0394. The van der Waals surface area contributed by atoms with E-state index in [1.54, 1.807) is 19.1 Å². The van der Waals surface area contributed by atoms with E-state index in [4.69, 9.17) is 0 Å². The van der Waals surface area contributed by atoms with Crippen LogP contribution in [0.1, 0.15) is 29.3 Å². The highest BCUT2D eigenvalue weighted by Crippen LogP contribution is 2.26. The fourth-order valence-corrected chi connectivity index (χ4v) is 2.89. The van der Waals surface area contributed by atoms with Gasteiger partial charge in [0.1, 0.15) is 0 Å². The van der Waals surface area contributed by atoms with Gasteiger partial charge in [-0.2, -0.15) is 0 Å². The number of amides is 1. The van der Waals surface area contributed by atoms with Crippen molar-refractivity contribution in [2.24, 2.45) is 0 Å². The Morgan fingerprint density at radius 2 is 1.83 bits per heavy atom. The smallest absolute Gasteiger partial charge is 0.246 e. The molecule has 0 fully saturated rings. The number of rotatable bonds is 4. The predicted molar refractivity (Wildman–Crippen MR) is 92.1 cm³/mol. The van der Waals surface area contributed by atoms with Gasteiger partial charge in [-0.05, 0) is 55.7 Å². The lowest BCUT2D eigenvalue weighted by Crippen LogP contribution is -2.39. The molecule has 4 nitrogen and oxygen atoms in total. The highest BCUT2D eigenvalue weighted by Gasteiger charge is 2.21. The van der Waals surface area contributed by atoms with Crippen molar-refractivity contribution in [2.45, 2.75) is 19.8 Å². The zero-order valence-corrected chi connectivity index (χ0v) is 13.2.